The van der Waals surface area contributed by atoms with Crippen LogP contribution >= 0.6 is 0 Å². The van der Waals surface area contributed by atoms with Crippen LogP contribution in [0.5, 0.6) is 0 Å². The van der Waals surface area contributed by atoms with Gasteiger partial charge < -0.3 is 10.1 Å². The van der Waals surface area contributed by atoms with Gasteiger partial charge in [0.15, 0.2) is 0 Å². The molecule has 1 N–H and O–H groups in total. The average molecular weight is 318 g/mol. The Kier molecular flexibility index (Phi) is 4.77. The molecule has 1 atom stereocenters. The highest BCUT2D eigenvalue weighted by molar-refractivity contribution is 5.45. The van der Waals surface area contributed by atoms with Gasteiger partial charge in [0, 0.05) is 36.9 Å². The smallest absolute Gasteiger partial charge is 0.254 e. The van der Waals surface area contributed by atoms with Gasteiger partial charge in [-0.3, -0.25) is 4.90 Å². The lowest BCUT2D eigenvalue weighted by atomic mass is 9.95. The number of anilines is 1. The molecular weight excluding hydrogens is 292 g/mol. The molecule has 1 fully saturated rings. The fourth-order valence-electron chi connectivity index (χ4n) is 3.01. The van der Waals surface area contributed by atoms with E-state index in [1.54, 1.807) is 10.8 Å². The fraction of sp³-hybridized carbons (Fsp3) is 0.688. The maximum Gasteiger partial charge on any atom is 0.254 e. The highest BCUT2D eigenvalue weighted by Gasteiger charge is 2.31. The summed E-state index contributed by atoms with van der Waals surface area (Å²) in [5, 5.41) is 7.86. The number of aryl methyl sites for hydroxylation is 1. The largest absolute Gasteiger partial charge is 0.379 e. The Morgan fingerprint density at radius 3 is 2.78 bits per heavy atom. The van der Waals surface area contributed by atoms with Crippen LogP contribution in [-0.4, -0.2) is 62.9 Å². The predicted molar refractivity (Wildman–Crippen MR) is 89.7 cm³/mol. The monoisotopic (exact) mass is 318 g/mol. The van der Waals surface area contributed by atoms with Crippen LogP contribution in [0.1, 0.15) is 32.9 Å². The molecule has 1 aliphatic heterocycles. The maximum absolute atomic E-state index is 5.49. The number of hydrogen-bond acceptors (Lipinski definition) is 6. The normalized spacial score (nSPS) is 18.9. The number of morpholine rings is 1. The molecular formula is C16H26N6O. The highest BCUT2D eigenvalue weighted by atomic mass is 16.5. The van der Waals surface area contributed by atoms with E-state index < -0.39 is 0 Å². The molecule has 3 heterocycles. The molecule has 7 nitrogen and oxygen atoms in total. The van der Waals surface area contributed by atoms with Gasteiger partial charge in [-0.1, -0.05) is 13.8 Å². The Balaban J connectivity index is 1.79. The third-order valence-corrected chi connectivity index (χ3v) is 4.85. The second-order valence-corrected chi connectivity index (χ2v) is 6.26. The second kappa shape index (κ2) is 6.80. The molecule has 2 aromatic rings. The maximum atomic E-state index is 5.49. The molecule has 0 aliphatic carbocycles. The van der Waals surface area contributed by atoms with Crippen molar-refractivity contribution < 1.29 is 4.74 Å². The molecule has 0 spiro atoms. The lowest BCUT2D eigenvalue weighted by molar-refractivity contribution is -0.0131. The van der Waals surface area contributed by atoms with Crippen LogP contribution in [0.2, 0.25) is 0 Å². The number of nitrogens with zero attached hydrogens (tertiary/aromatic N) is 5. The van der Waals surface area contributed by atoms with Crippen LogP contribution < -0.4 is 5.32 Å². The molecule has 0 saturated carbocycles. The Hall–Kier alpha value is -1.73. The summed E-state index contributed by atoms with van der Waals surface area (Å²) in [5.74, 6) is 1.61. The van der Waals surface area contributed by atoms with Gasteiger partial charge in [-0.2, -0.15) is 14.6 Å². The Labute approximate surface area is 137 Å². The van der Waals surface area contributed by atoms with Gasteiger partial charge in [0.1, 0.15) is 12.1 Å². The molecule has 23 heavy (non-hydrogen) atoms. The number of hydrogen-bond donors (Lipinski definition) is 1. The molecule has 0 amide bonds. The zero-order valence-corrected chi connectivity index (χ0v) is 14.2. The predicted octanol–water partition coefficient (Wildman–Crippen LogP) is 1.60. The van der Waals surface area contributed by atoms with Gasteiger partial charge in [0.25, 0.3) is 5.78 Å². The first-order valence-electron chi connectivity index (χ1n) is 8.42. The van der Waals surface area contributed by atoms with Crippen molar-refractivity contribution in [3.05, 3.63) is 18.1 Å². The van der Waals surface area contributed by atoms with Crippen molar-refractivity contribution in [1.82, 2.24) is 24.5 Å². The number of fused-ring (bicyclic) bond motifs is 1. The van der Waals surface area contributed by atoms with Crippen molar-refractivity contribution in [2.75, 3.05) is 38.2 Å². The quantitative estimate of drug-likeness (QED) is 0.872. The third kappa shape index (κ3) is 3.30. The standard InChI is InChI=1S/C16H26N6O/c1-4-13-10-14(22-15(20-13)18-12-19-22)17-11-16(3,5-2)21-6-8-23-9-7-21/h10,12,17H,4-9,11H2,1-3H3/t16-/m1/s1. The average Bonchev–Trinajstić information content (AvgIpc) is 3.08. The van der Waals surface area contributed by atoms with Crippen LogP contribution in [0.15, 0.2) is 12.4 Å². The Morgan fingerprint density at radius 1 is 1.30 bits per heavy atom. The summed E-state index contributed by atoms with van der Waals surface area (Å²) in [6.45, 7) is 11.1. The van der Waals surface area contributed by atoms with E-state index >= 15 is 0 Å². The second-order valence-electron chi connectivity index (χ2n) is 6.26. The fourth-order valence-corrected chi connectivity index (χ4v) is 3.01. The van der Waals surface area contributed by atoms with Crippen LogP contribution in [0.4, 0.5) is 5.82 Å². The first kappa shape index (κ1) is 16.1. The minimum Gasteiger partial charge on any atom is -0.379 e. The van der Waals surface area contributed by atoms with Crippen molar-refractivity contribution >= 4 is 11.6 Å². The molecule has 3 rings (SSSR count). The summed E-state index contributed by atoms with van der Waals surface area (Å²) in [7, 11) is 0. The van der Waals surface area contributed by atoms with E-state index in [4.69, 9.17) is 4.74 Å². The summed E-state index contributed by atoms with van der Waals surface area (Å²) in [4.78, 5) is 11.2. The summed E-state index contributed by atoms with van der Waals surface area (Å²) >= 11 is 0. The van der Waals surface area contributed by atoms with Gasteiger partial charge in [0.05, 0.1) is 13.2 Å². The number of ether oxygens (including phenoxy) is 1. The van der Waals surface area contributed by atoms with Gasteiger partial charge in [-0.05, 0) is 19.8 Å². The van der Waals surface area contributed by atoms with Crippen LogP contribution in [0.25, 0.3) is 5.78 Å². The Morgan fingerprint density at radius 2 is 2.09 bits per heavy atom. The van der Waals surface area contributed by atoms with Gasteiger partial charge >= 0.3 is 0 Å². The number of nitrogens with one attached hydrogen (secondary N) is 1. The van der Waals surface area contributed by atoms with Crippen LogP contribution in [0, 0.1) is 0 Å². The van der Waals surface area contributed by atoms with Crippen LogP contribution in [-0.2, 0) is 11.2 Å². The zero-order valence-electron chi connectivity index (χ0n) is 14.2. The molecule has 0 bridgehead atoms. The highest BCUT2D eigenvalue weighted by Crippen LogP contribution is 2.22. The molecule has 1 aliphatic rings. The number of aromatic nitrogens is 4. The van der Waals surface area contributed by atoms with Gasteiger partial charge in [-0.25, -0.2) is 4.98 Å². The van der Waals surface area contributed by atoms with E-state index in [0.717, 1.165) is 57.2 Å². The van der Waals surface area contributed by atoms with Gasteiger partial charge in [-0.15, -0.1) is 0 Å². The lowest BCUT2D eigenvalue weighted by Gasteiger charge is -2.43. The summed E-state index contributed by atoms with van der Waals surface area (Å²) in [6, 6.07) is 2.07. The summed E-state index contributed by atoms with van der Waals surface area (Å²) in [5.41, 5.74) is 1.12. The minimum absolute atomic E-state index is 0.0896. The zero-order chi connectivity index (χ0) is 16.3. The van der Waals surface area contributed by atoms with Crippen molar-refractivity contribution in [3.8, 4) is 0 Å². The molecule has 1 saturated heterocycles. The SMILES string of the molecule is CCc1cc(NC[C@@](C)(CC)N2CCOCC2)n2ncnc2n1. The molecule has 0 unspecified atom stereocenters. The van der Waals surface area contributed by atoms with Crippen molar-refractivity contribution in [2.45, 2.75) is 39.2 Å². The van der Waals surface area contributed by atoms with E-state index in [1.165, 1.54) is 0 Å². The van der Waals surface area contributed by atoms with E-state index in [0.29, 0.717) is 5.78 Å². The summed E-state index contributed by atoms with van der Waals surface area (Å²) in [6.07, 6.45) is 3.51. The van der Waals surface area contributed by atoms with E-state index in [-0.39, 0.29) is 5.54 Å². The molecule has 0 aromatic carbocycles. The third-order valence-electron chi connectivity index (χ3n) is 4.85. The topological polar surface area (TPSA) is 67.6 Å². The lowest BCUT2D eigenvalue weighted by Crippen LogP contribution is -2.55. The van der Waals surface area contributed by atoms with Crippen molar-refractivity contribution in [1.29, 1.82) is 0 Å². The van der Waals surface area contributed by atoms with E-state index in [2.05, 4.69) is 52.1 Å². The number of rotatable bonds is 6. The first-order valence-corrected chi connectivity index (χ1v) is 8.42. The molecule has 126 valence electrons. The first-order chi connectivity index (χ1) is 11.2. The Bertz CT molecular complexity index is 651. The summed E-state index contributed by atoms with van der Waals surface area (Å²) < 4.78 is 7.26. The van der Waals surface area contributed by atoms with E-state index in [9.17, 15) is 0 Å². The molecule has 0 radical (unpaired) electrons. The minimum atomic E-state index is 0.0896. The molecule has 2 aromatic heterocycles. The van der Waals surface area contributed by atoms with Crippen molar-refractivity contribution in [2.24, 2.45) is 0 Å². The van der Waals surface area contributed by atoms with Gasteiger partial charge in [0.2, 0.25) is 0 Å². The molecule has 7 heteroatoms. The van der Waals surface area contributed by atoms with E-state index in [1.807, 2.05) is 0 Å². The van der Waals surface area contributed by atoms with Crippen LogP contribution in [0.3, 0.4) is 0 Å². The van der Waals surface area contributed by atoms with Crippen molar-refractivity contribution in [3.63, 3.8) is 0 Å².